The Morgan fingerprint density at radius 1 is 1.29 bits per heavy atom. The van der Waals surface area contributed by atoms with Crippen LogP contribution in [0.15, 0.2) is 34.8 Å². The fourth-order valence-corrected chi connectivity index (χ4v) is 2.71. The molecule has 0 bridgehead atoms. The zero-order valence-electron chi connectivity index (χ0n) is 11.3. The molecule has 0 fully saturated rings. The molecule has 1 aliphatic rings. The van der Waals surface area contributed by atoms with Gasteiger partial charge in [-0.3, -0.25) is 0 Å². The van der Waals surface area contributed by atoms with Crippen molar-refractivity contribution < 1.29 is 18.6 Å². The van der Waals surface area contributed by atoms with Crippen molar-refractivity contribution in [2.75, 3.05) is 19.2 Å². The molecule has 1 aliphatic heterocycles. The highest BCUT2D eigenvalue weighted by molar-refractivity contribution is 9.10. The smallest absolute Gasteiger partial charge is 0.231 e. The molecule has 1 heterocycles. The third-order valence-corrected chi connectivity index (χ3v) is 3.72. The number of anilines is 1. The van der Waals surface area contributed by atoms with Gasteiger partial charge in [-0.15, -0.1) is 0 Å². The molecule has 0 aromatic heterocycles. The van der Waals surface area contributed by atoms with Gasteiger partial charge in [-0.25, -0.2) is 4.39 Å². The van der Waals surface area contributed by atoms with Crippen LogP contribution in [0, 0.1) is 5.82 Å². The van der Waals surface area contributed by atoms with Gasteiger partial charge in [0.2, 0.25) is 6.79 Å². The van der Waals surface area contributed by atoms with Crippen molar-refractivity contribution in [3.63, 3.8) is 0 Å². The van der Waals surface area contributed by atoms with Crippen molar-refractivity contribution >= 4 is 21.6 Å². The average molecular weight is 354 g/mol. The quantitative estimate of drug-likeness (QED) is 0.903. The predicted molar refractivity (Wildman–Crippen MR) is 80.5 cm³/mol. The topological polar surface area (TPSA) is 39.7 Å². The van der Waals surface area contributed by atoms with Crippen molar-refractivity contribution in [3.05, 3.63) is 46.2 Å². The molecule has 2 aromatic carbocycles. The fraction of sp³-hybridized carbons (Fsp3) is 0.200. The van der Waals surface area contributed by atoms with Crippen LogP contribution in [0.4, 0.5) is 10.1 Å². The first kappa shape index (κ1) is 14.0. The molecule has 0 atom stereocenters. The van der Waals surface area contributed by atoms with Crippen LogP contribution in [0.5, 0.6) is 17.2 Å². The van der Waals surface area contributed by atoms with Crippen molar-refractivity contribution in [3.8, 4) is 17.2 Å². The summed E-state index contributed by atoms with van der Waals surface area (Å²) in [6, 6.07) is 8.61. The molecule has 0 radical (unpaired) electrons. The van der Waals surface area contributed by atoms with E-state index in [1.54, 1.807) is 12.1 Å². The predicted octanol–water partition coefficient (Wildman–Crippen LogP) is 3.94. The average Bonchev–Trinajstić information content (AvgIpc) is 2.94. The second-order valence-electron chi connectivity index (χ2n) is 4.51. The summed E-state index contributed by atoms with van der Waals surface area (Å²) < 4.78 is 30.0. The molecule has 21 heavy (non-hydrogen) atoms. The normalized spacial score (nSPS) is 12.3. The van der Waals surface area contributed by atoms with Crippen molar-refractivity contribution in [1.82, 2.24) is 0 Å². The van der Waals surface area contributed by atoms with Gasteiger partial charge in [-0.1, -0.05) is 0 Å². The Morgan fingerprint density at radius 2 is 2.14 bits per heavy atom. The summed E-state index contributed by atoms with van der Waals surface area (Å²) in [5, 5.41) is 3.16. The molecule has 1 N–H and O–H groups in total. The molecule has 0 unspecified atom stereocenters. The first-order chi connectivity index (χ1) is 10.2. The number of rotatable bonds is 4. The Balaban J connectivity index is 1.73. The second kappa shape index (κ2) is 5.81. The van der Waals surface area contributed by atoms with Crippen LogP contribution in [0.2, 0.25) is 0 Å². The monoisotopic (exact) mass is 353 g/mol. The second-order valence-corrected chi connectivity index (χ2v) is 5.37. The number of nitrogens with one attached hydrogen (secondary N) is 1. The molecule has 110 valence electrons. The third kappa shape index (κ3) is 2.90. The van der Waals surface area contributed by atoms with E-state index in [0.29, 0.717) is 23.7 Å². The Morgan fingerprint density at radius 3 is 2.90 bits per heavy atom. The van der Waals surface area contributed by atoms with E-state index in [2.05, 4.69) is 21.2 Å². The summed E-state index contributed by atoms with van der Waals surface area (Å²) in [6.07, 6.45) is 0. The molecule has 0 saturated heterocycles. The minimum atomic E-state index is -0.394. The molecule has 3 rings (SSSR count). The maximum absolute atomic E-state index is 13.6. The zero-order chi connectivity index (χ0) is 14.8. The molecule has 0 saturated carbocycles. The van der Waals surface area contributed by atoms with Gasteiger partial charge in [0.25, 0.3) is 0 Å². The maximum Gasteiger partial charge on any atom is 0.231 e. The lowest BCUT2D eigenvalue weighted by Gasteiger charge is -2.10. The van der Waals surface area contributed by atoms with Gasteiger partial charge >= 0.3 is 0 Å². The minimum absolute atomic E-state index is 0.228. The lowest BCUT2D eigenvalue weighted by Crippen LogP contribution is -2.00. The van der Waals surface area contributed by atoms with E-state index in [1.807, 2.05) is 12.1 Å². The van der Waals surface area contributed by atoms with E-state index in [-0.39, 0.29) is 12.5 Å². The van der Waals surface area contributed by atoms with Crippen molar-refractivity contribution in [2.45, 2.75) is 6.54 Å². The maximum atomic E-state index is 13.6. The third-order valence-electron chi connectivity index (χ3n) is 3.14. The summed E-state index contributed by atoms with van der Waals surface area (Å²) in [7, 11) is 1.44. The zero-order valence-corrected chi connectivity index (χ0v) is 12.9. The molecule has 0 aliphatic carbocycles. The summed E-state index contributed by atoms with van der Waals surface area (Å²) in [4.78, 5) is 0. The van der Waals surface area contributed by atoms with Crippen LogP contribution in [0.3, 0.4) is 0 Å². The summed E-state index contributed by atoms with van der Waals surface area (Å²) in [5.74, 6) is 1.26. The Labute approximate surface area is 130 Å². The fourth-order valence-electron chi connectivity index (χ4n) is 2.10. The molecule has 4 nitrogen and oxygen atoms in total. The molecule has 0 amide bonds. The van der Waals surface area contributed by atoms with Gasteiger partial charge < -0.3 is 19.5 Å². The van der Waals surface area contributed by atoms with E-state index in [0.717, 1.165) is 10.0 Å². The Hall–Kier alpha value is -1.95. The Kier molecular flexibility index (Phi) is 3.88. The molecule has 0 spiro atoms. The van der Waals surface area contributed by atoms with Gasteiger partial charge in [0, 0.05) is 18.3 Å². The number of benzene rings is 2. The largest absolute Gasteiger partial charge is 0.494 e. The SMILES string of the molecule is COc1ccc(NCc2cc(Br)c3c(c2)OCO3)cc1F. The number of methoxy groups -OCH3 is 1. The molecule has 2 aromatic rings. The number of ether oxygens (including phenoxy) is 3. The van der Waals surface area contributed by atoms with Crippen LogP contribution in [0.25, 0.3) is 0 Å². The highest BCUT2D eigenvalue weighted by Gasteiger charge is 2.17. The lowest BCUT2D eigenvalue weighted by atomic mass is 10.2. The van der Waals surface area contributed by atoms with Crippen LogP contribution >= 0.6 is 15.9 Å². The van der Waals surface area contributed by atoms with E-state index in [1.165, 1.54) is 13.2 Å². The first-order valence-corrected chi connectivity index (χ1v) is 7.12. The minimum Gasteiger partial charge on any atom is -0.494 e. The van der Waals surface area contributed by atoms with E-state index < -0.39 is 5.82 Å². The van der Waals surface area contributed by atoms with Crippen LogP contribution in [0.1, 0.15) is 5.56 Å². The summed E-state index contributed by atoms with van der Waals surface area (Å²) >= 11 is 3.45. The lowest BCUT2D eigenvalue weighted by molar-refractivity contribution is 0.173. The van der Waals surface area contributed by atoms with Crippen LogP contribution in [-0.2, 0) is 6.54 Å². The summed E-state index contributed by atoms with van der Waals surface area (Å²) in [5.41, 5.74) is 1.68. The van der Waals surface area contributed by atoms with Gasteiger partial charge in [-0.2, -0.15) is 0 Å². The van der Waals surface area contributed by atoms with Gasteiger partial charge in [0.15, 0.2) is 23.1 Å². The van der Waals surface area contributed by atoms with Gasteiger partial charge in [0.05, 0.1) is 11.6 Å². The van der Waals surface area contributed by atoms with Gasteiger partial charge in [-0.05, 0) is 45.8 Å². The number of fused-ring (bicyclic) bond motifs is 1. The number of hydrogen-bond acceptors (Lipinski definition) is 4. The first-order valence-electron chi connectivity index (χ1n) is 6.33. The molecular weight excluding hydrogens is 341 g/mol. The highest BCUT2D eigenvalue weighted by Crippen LogP contribution is 2.40. The van der Waals surface area contributed by atoms with E-state index in [9.17, 15) is 4.39 Å². The van der Waals surface area contributed by atoms with Gasteiger partial charge in [0.1, 0.15) is 0 Å². The molecule has 6 heteroatoms. The standard InChI is InChI=1S/C15H13BrFNO3/c1-19-13-3-2-10(6-12(13)17)18-7-9-4-11(16)15-14(5-9)20-8-21-15/h2-6,18H,7-8H2,1H3. The van der Waals surface area contributed by atoms with Crippen LogP contribution in [-0.4, -0.2) is 13.9 Å². The highest BCUT2D eigenvalue weighted by atomic mass is 79.9. The van der Waals surface area contributed by atoms with E-state index >= 15 is 0 Å². The summed E-state index contributed by atoms with van der Waals surface area (Å²) in [6.45, 7) is 0.773. The van der Waals surface area contributed by atoms with Crippen molar-refractivity contribution in [1.29, 1.82) is 0 Å². The van der Waals surface area contributed by atoms with Crippen LogP contribution < -0.4 is 19.5 Å². The molecular formula is C15H13BrFNO3. The van der Waals surface area contributed by atoms with E-state index in [4.69, 9.17) is 14.2 Å². The number of halogens is 2. The number of hydrogen-bond donors (Lipinski definition) is 1. The van der Waals surface area contributed by atoms with Crippen molar-refractivity contribution in [2.24, 2.45) is 0 Å². The Bertz CT molecular complexity index is 678.